The van der Waals surface area contributed by atoms with E-state index < -0.39 is 35.7 Å². The standard InChI is InChI=1S/C23H15ClN6O7S2/c24-21-26-22(28-23(31)27-21)25-17-8-9-18(14-5-2-1-4-13(14)17)30-29-12-10-16-15(20(11-12)39(35,36)37)6-3-7-19(16)38(32,33)34/h1-11H,(H,32,33,34)(H,35,36,37)(H2,25,26,27,28,31). The minimum absolute atomic E-state index is 0.0353. The Bertz CT molecular complexity index is 2100. The van der Waals surface area contributed by atoms with E-state index in [1.54, 1.807) is 36.4 Å². The van der Waals surface area contributed by atoms with Gasteiger partial charge < -0.3 is 5.32 Å². The molecule has 1 heterocycles. The minimum Gasteiger partial charge on any atom is -0.323 e. The molecule has 0 aliphatic carbocycles. The summed E-state index contributed by atoms with van der Waals surface area (Å²) in [6.45, 7) is 0. The Kier molecular flexibility index (Phi) is 6.61. The van der Waals surface area contributed by atoms with Gasteiger partial charge in [0.2, 0.25) is 11.2 Å². The van der Waals surface area contributed by atoms with Crippen molar-refractivity contribution in [2.75, 3.05) is 5.32 Å². The van der Waals surface area contributed by atoms with Gasteiger partial charge in [-0.1, -0.05) is 36.4 Å². The van der Waals surface area contributed by atoms with Gasteiger partial charge in [0, 0.05) is 27.2 Å². The number of rotatable bonds is 6. The molecule has 5 aromatic rings. The fourth-order valence-corrected chi connectivity index (χ4v) is 5.51. The summed E-state index contributed by atoms with van der Waals surface area (Å²) >= 11 is 5.79. The number of nitrogens with one attached hydrogen (secondary N) is 2. The SMILES string of the molecule is O=c1nc(Nc2ccc(N=Nc3cc(S(=O)(=O)O)c4cccc(S(=O)(=O)O)c4c3)c3ccccc23)nc(Cl)[nH]1. The number of fused-ring (bicyclic) bond motifs is 2. The van der Waals surface area contributed by atoms with E-state index in [1.807, 2.05) is 0 Å². The second kappa shape index (κ2) is 9.79. The summed E-state index contributed by atoms with van der Waals surface area (Å²) in [5, 5.41) is 12.0. The van der Waals surface area contributed by atoms with Gasteiger partial charge in [-0.05, 0) is 41.9 Å². The Hall–Kier alpha value is -4.28. The molecule has 0 amide bonds. The van der Waals surface area contributed by atoms with Crippen LogP contribution in [0.25, 0.3) is 21.5 Å². The smallest absolute Gasteiger partial charge is 0.323 e. The van der Waals surface area contributed by atoms with Crippen molar-refractivity contribution in [1.82, 2.24) is 15.0 Å². The van der Waals surface area contributed by atoms with E-state index in [9.17, 15) is 30.7 Å². The van der Waals surface area contributed by atoms with E-state index in [-0.39, 0.29) is 27.7 Å². The maximum atomic E-state index is 12.1. The third kappa shape index (κ3) is 5.47. The number of hydrogen-bond donors (Lipinski definition) is 4. The summed E-state index contributed by atoms with van der Waals surface area (Å²) in [5.74, 6) is -0.0353. The van der Waals surface area contributed by atoms with Gasteiger partial charge in [-0.3, -0.25) is 14.1 Å². The van der Waals surface area contributed by atoms with Gasteiger partial charge in [0.25, 0.3) is 20.2 Å². The molecule has 4 N–H and O–H groups in total. The molecule has 0 saturated heterocycles. The molecule has 5 rings (SSSR count). The number of H-pyrrole nitrogens is 1. The summed E-state index contributed by atoms with van der Waals surface area (Å²) < 4.78 is 67.3. The molecule has 1 aromatic heterocycles. The Balaban J connectivity index is 1.63. The zero-order chi connectivity index (χ0) is 27.9. The Morgan fingerprint density at radius 2 is 1.46 bits per heavy atom. The van der Waals surface area contributed by atoms with E-state index in [1.165, 1.54) is 18.2 Å². The van der Waals surface area contributed by atoms with E-state index in [4.69, 9.17) is 11.6 Å². The van der Waals surface area contributed by atoms with Gasteiger partial charge in [0.05, 0.1) is 11.4 Å². The van der Waals surface area contributed by atoms with Crippen LogP contribution in [0.3, 0.4) is 0 Å². The average molecular weight is 587 g/mol. The fourth-order valence-electron chi connectivity index (χ4n) is 3.93. The van der Waals surface area contributed by atoms with Crippen molar-refractivity contribution in [2.45, 2.75) is 9.79 Å². The fraction of sp³-hybridized carbons (Fsp3) is 0. The van der Waals surface area contributed by atoms with Gasteiger partial charge in [0.1, 0.15) is 9.79 Å². The van der Waals surface area contributed by atoms with Crippen molar-refractivity contribution < 1.29 is 25.9 Å². The van der Waals surface area contributed by atoms with Crippen molar-refractivity contribution in [1.29, 1.82) is 0 Å². The predicted octanol–water partition coefficient (Wildman–Crippen LogP) is 4.78. The molecule has 0 unspecified atom stereocenters. The highest BCUT2D eigenvalue weighted by Gasteiger charge is 2.21. The summed E-state index contributed by atoms with van der Waals surface area (Å²) in [7, 11) is -9.54. The highest BCUT2D eigenvalue weighted by atomic mass is 35.5. The lowest BCUT2D eigenvalue weighted by Crippen LogP contribution is -2.14. The van der Waals surface area contributed by atoms with Crippen LogP contribution in [-0.2, 0) is 20.2 Å². The zero-order valence-electron chi connectivity index (χ0n) is 19.3. The molecule has 0 saturated carbocycles. The first-order valence-corrected chi connectivity index (χ1v) is 14.0. The lowest BCUT2D eigenvalue weighted by Gasteiger charge is -2.10. The van der Waals surface area contributed by atoms with Crippen LogP contribution in [0.2, 0.25) is 5.28 Å². The normalized spacial score (nSPS) is 12.4. The molecule has 0 aliphatic rings. The first-order valence-electron chi connectivity index (χ1n) is 10.8. The van der Waals surface area contributed by atoms with Crippen LogP contribution in [0.5, 0.6) is 0 Å². The van der Waals surface area contributed by atoms with Gasteiger partial charge in [-0.2, -0.15) is 31.9 Å². The minimum atomic E-state index is -4.81. The van der Waals surface area contributed by atoms with Gasteiger partial charge in [0.15, 0.2) is 0 Å². The highest BCUT2D eigenvalue weighted by Crippen LogP contribution is 2.36. The predicted molar refractivity (Wildman–Crippen MR) is 143 cm³/mol. The maximum absolute atomic E-state index is 12.1. The van der Waals surface area contributed by atoms with Gasteiger partial charge in [-0.25, -0.2) is 4.79 Å². The topological polar surface area (TPSA) is 204 Å². The molecule has 13 nitrogen and oxygen atoms in total. The molecule has 198 valence electrons. The highest BCUT2D eigenvalue weighted by molar-refractivity contribution is 7.86. The first kappa shape index (κ1) is 26.3. The molecule has 0 aliphatic heterocycles. The summed E-state index contributed by atoms with van der Waals surface area (Å²) in [5.41, 5.74) is 0.0639. The van der Waals surface area contributed by atoms with Crippen molar-refractivity contribution >= 4 is 76.4 Å². The van der Waals surface area contributed by atoms with Crippen LogP contribution in [0.15, 0.2) is 91.5 Å². The summed E-state index contributed by atoms with van der Waals surface area (Å²) in [6, 6.07) is 16.1. The second-order valence-electron chi connectivity index (χ2n) is 8.02. The lowest BCUT2D eigenvalue weighted by molar-refractivity contribution is 0.481. The van der Waals surface area contributed by atoms with Crippen molar-refractivity contribution in [3.8, 4) is 0 Å². The molecule has 0 atom stereocenters. The number of azo groups is 1. The molecule has 0 bridgehead atoms. The van der Waals surface area contributed by atoms with Crippen LogP contribution >= 0.6 is 11.6 Å². The average Bonchev–Trinajstić information content (AvgIpc) is 2.85. The molecule has 4 aromatic carbocycles. The number of hydrogen-bond acceptors (Lipinski definition) is 10. The zero-order valence-corrected chi connectivity index (χ0v) is 21.7. The van der Waals surface area contributed by atoms with Crippen LogP contribution in [0.1, 0.15) is 0 Å². The molecule has 0 spiro atoms. The monoisotopic (exact) mass is 586 g/mol. The third-order valence-corrected chi connectivity index (χ3v) is 7.49. The molecule has 39 heavy (non-hydrogen) atoms. The number of aromatic nitrogens is 3. The van der Waals surface area contributed by atoms with Crippen LogP contribution in [0, 0.1) is 0 Å². The number of benzene rings is 4. The number of halogens is 1. The lowest BCUT2D eigenvalue weighted by atomic mass is 10.1. The van der Waals surface area contributed by atoms with E-state index in [0.717, 1.165) is 12.1 Å². The Morgan fingerprint density at radius 3 is 2.15 bits per heavy atom. The van der Waals surface area contributed by atoms with Crippen LogP contribution in [-0.4, -0.2) is 40.9 Å². The number of aromatic amines is 1. The third-order valence-electron chi connectivity index (χ3n) is 5.50. The quantitative estimate of drug-likeness (QED) is 0.158. The Labute approximate surface area is 224 Å². The molecular weight excluding hydrogens is 572 g/mol. The van der Waals surface area contributed by atoms with Gasteiger partial charge in [-0.15, -0.1) is 5.11 Å². The van der Waals surface area contributed by atoms with Gasteiger partial charge >= 0.3 is 5.69 Å². The van der Waals surface area contributed by atoms with Crippen molar-refractivity contribution in [2.24, 2.45) is 10.2 Å². The number of anilines is 2. The Morgan fingerprint density at radius 1 is 0.769 bits per heavy atom. The molecule has 0 radical (unpaired) electrons. The summed E-state index contributed by atoms with van der Waals surface area (Å²) in [6.07, 6.45) is 0. The second-order valence-corrected chi connectivity index (χ2v) is 11.2. The van der Waals surface area contributed by atoms with Crippen LogP contribution < -0.4 is 11.0 Å². The maximum Gasteiger partial charge on any atom is 0.350 e. The molecular formula is C23H15ClN6O7S2. The van der Waals surface area contributed by atoms with Crippen LogP contribution in [0.4, 0.5) is 23.0 Å². The number of nitrogens with zero attached hydrogens (tertiary/aromatic N) is 4. The van der Waals surface area contributed by atoms with E-state index >= 15 is 0 Å². The van der Waals surface area contributed by atoms with E-state index in [0.29, 0.717) is 22.1 Å². The van der Waals surface area contributed by atoms with Crippen molar-refractivity contribution in [3.63, 3.8) is 0 Å². The van der Waals surface area contributed by atoms with Crippen molar-refractivity contribution in [3.05, 3.63) is 82.5 Å². The summed E-state index contributed by atoms with van der Waals surface area (Å²) in [4.78, 5) is 20.3. The molecule has 16 heteroatoms. The van der Waals surface area contributed by atoms with E-state index in [2.05, 4.69) is 30.5 Å². The first-order chi connectivity index (χ1) is 18.4. The molecule has 0 fully saturated rings. The largest absolute Gasteiger partial charge is 0.350 e.